The maximum Gasteiger partial charge on any atom is 0.325 e. The summed E-state index contributed by atoms with van der Waals surface area (Å²) in [5, 5.41) is 13.7. The molecular weight excluding hydrogens is 198 g/mol. The Hall–Kier alpha value is -1.30. The largest absolute Gasteiger partial charge is 0.480 e. The number of amides is 2. The van der Waals surface area contributed by atoms with Crippen LogP contribution in [0.15, 0.2) is 0 Å². The Balaban J connectivity index is 2.27. The number of carboxylic acids is 1. The zero-order valence-corrected chi connectivity index (χ0v) is 8.99. The number of likely N-dealkylation sites (tertiary alicyclic amines) is 1. The van der Waals surface area contributed by atoms with Gasteiger partial charge in [0.05, 0.1) is 0 Å². The average molecular weight is 215 g/mol. The van der Waals surface area contributed by atoms with Crippen LogP contribution in [0.4, 0.5) is 4.79 Å². The quantitative estimate of drug-likeness (QED) is 0.590. The summed E-state index contributed by atoms with van der Waals surface area (Å²) in [5.41, 5.74) is 0. The van der Waals surface area contributed by atoms with E-state index in [0.29, 0.717) is 0 Å². The zero-order chi connectivity index (χ0) is 11.4. The van der Waals surface area contributed by atoms with Gasteiger partial charge >= 0.3 is 12.0 Å². The van der Waals surface area contributed by atoms with Gasteiger partial charge in [0.2, 0.25) is 0 Å². The Labute approximate surface area is 88.6 Å². The van der Waals surface area contributed by atoms with Crippen LogP contribution in [0, 0.1) is 0 Å². The summed E-state index contributed by atoms with van der Waals surface area (Å²) < 4.78 is 0. The molecular formula is C9H17N3O3. The highest BCUT2D eigenvalue weighted by Gasteiger charge is 2.22. The molecule has 0 aliphatic carbocycles. The van der Waals surface area contributed by atoms with Gasteiger partial charge in [0.1, 0.15) is 6.04 Å². The molecule has 2 amide bonds. The van der Waals surface area contributed by atoms with Gasteiger partial charge in [-0.25, -0.2) is 4.79 Å². The number of carbonyl (C=O) groups is 2. The fraction of sp³-hybridized carbons (Fsp3) is 0.778. The highest BCUT2D eigenvalue weighted by molar-refractivity contribution is 5.82. The van der Waals surface area contributed by atoms with Crippen molar-refractivity contribution in [1.82, 2.24) is 15.5 Å². The van der Waals surface area contributed by atoms with Crippen LogP contribution >= 0.6 is 0 Å². The molecule has 0 saturated carbocycles. The van der Waals surface area contributed by atoms with Crippen molar-refractivity contribution >= 4 is 12.0 Å². The highest BCUT2D eigenvalue weighted by Crippen LogP contribution is 2.05. The third-order valence-corrected chi connectivity index (χ3v) is 2.44. The van der Waals surface area contributed by atoms with E-state index in [1.165, 1.54) is 6.92 Å². The first-order valence-corrected chi connectivity index (χ1v) is 4.97. The van der Waals surface area contributed by atoms with Crippen molar-refractivity contribution in [3.63, 3.8) is 0 Å². The second-order valence-electron chi connectivity index (χ2n) is 3.93. The summed E-state index contributed by atoms with van der Waals surface area (Å²) in [6.45, 7) is 3.21. The predicted molar refractivity (Wildman–Crippen MR) is 54.7 cm³/mol. The van der Waals surface area contributed by atoms with Crippen molar-refractivity contribution in [1.29, 1.82) is 0 Å². The molecule has 6 nitrogen and oxygen atoms in total. The molecule has 0 spiro atoms. The summed E-state index contributed by atoms with van der Waals surface area (Å²) in [7, 11) is 1.99. The lowest BCUT2D eigenvalue weighted by Crippen LogP contribution is -2.48. The minimum atomic E-state index is -1.03. The Morgan fingerprint density at radius 1 is 1.53 bits per heavy atom. The summed E-state index contributed by atoms with van der Waals surface area (Å²) >= 11 is 0. The standard InChI is InChI=1S/C9H17N3O3/c1-6(8(13)14)10-9(15)11-7-3-4-12(2)5-7/h6-7H,3-5H2,1-2H3,(H,13,14)(H2,10,11,15). The molecule has 1 saturated heterocycles. The number of nitrogens with zero attached hydrogens (tertiary/aromatic N) is 1. The highest BCUT2D eigenvalue weighted by atomic mass is 16.4. The van der Waals surface area contributed by atoms with Crippen LogP contribution in [0.2, 0.25) is 0 Å². The number of nitrogens with one attached hydrogen (secondary N) is 2. The van der Waals surface area contributed by atoms with Crippen molar-refractivity contribution in [2.45, 2.75) is 25.4 Å². The molecule has 6 heteroatoms. The molecule has 2 atom stereocenters. The van der Waals surface area contributed by atoms with E-state index in [4.69, 9.17) is 5.11 Å². The molecule has 86 valence electrons. The van der Waals surface area contributed by atoms with Gasteiger partial charge in [0.25, 0.3) is 0 Å². The van der Waals surface area contributed by atoms with Gasteiger partial charge in [-0.05, 0) is 26.9 Å². The van der Waals surface area contributed by atoms with E-state index in [1.807, 2.05) is 7.05 Å². The molecule has 1 aliphatic rings. The van der Waals surface area contributed by atoms with Crippen molar-refractivity contribution in [2.75, 3.05) is 20.1 Å². The Kier molecular flexibility index (Phi) is 3.90. The average Bonchev–Trinajstić information content (AvgIpc) is 2.50. The molecule has 0 aromatic carbocycles. The van der Waals surface area contributed by atoms with Gasteiger partial charge in [0, 0.05) is 12.6 Å². The van der Waals surface area contributed by atoms with E-state index in [1.54, 1.807) is 0 Å². The molecule has 3 N–H and O–H groups in total. The van der Waals surface area contributed by atoms with Crippen LogP contribution in [-0.4, -0.2) is 54.2 Å². The fourth-order valence-electron chi connectivity index (χ4n) is 1.54. The summed E-state index contributed by atoms with van der Waals surface area (Å²) in [4.78, 5) is 23.9. The lowest BCUT2D eigenvalue weighted by atomic mass is 10.3. The maximum atomic E-state index is 11.3. The number of aliphatic carboxylic acids is 1. The smallest absolute Gasteiger partial charge is 0.325 e. The normalized spacial score (nSPS) is 23.5. The monoisotopic (exact) mass is 215 g/mol. The predicted octanol–water partition coefficient (Wildman–Crippen LogP) is -0.537. The minimum Gasteiger partial charge on any atom is -0.480 e. The number of carboxylic acid groups (broad SMARTS) is 1. The molecule has 0 aromatic rings. The number of hydrogen-bond donors (Lipinski definition) is 3. The van der Waals surface area contributed by atoms with Crippen LogP contribution in [0.25, 0.3) is 0 Å². The molecule has 15 heavy (non-hydrogen) atoms. The fourth-order valence-corrected chi connectivity index (χ4v) is 1.54. The first-order chi connectivity index (χ1) is 6.99. The van der Waals surface area contributed by atoms with Crippen molar-refractivity contribution in [3.05, 3.63) is 0 Å². The van der Waals surface area contributed by atoms with Crippen LogP contribution < -0.4 is 10.6 Å². The topological polar surface area (TPSA) is 81.7 Å². The SMILES string of the molecule is CC(NC(=O)NC1CCN(C)C1)C(=O)O. The zero-order valence-electron chi connectivity index (χ0n) is 8.99. The van der Waals surface area contributed by atoms with E-state index in [-0.39, 0.29) is 6.04 Å². The third-order valence-electron chi connectivity index (χ3n) is 2.44. The Bertz CT molecular complexity index is 257. The molecule has 1 aliphatic heterocycles. The van der Waals surface area contributed by atoms with E-state index in [9.17, 15) is 9.59 Å². The Morgan fingerprint density at radius 3 is 2.67 bits per heavy atom. The molecule has 1 heterocycles. The molecule has 1 rings (SSSR count). The van der Waals surface area contributed by atoms with Crippen LogP contribution in [0.5, 0.6) is 0 Å². The maximum absolute atomic E-state index is 11.3. The van der Waals surface area contributed by atoms with Crippen molar-refractivity contribution < 1.29 is 14.7 Å². The van der Waals surface area contributed by atoms with Crippen molar-refractivity contribution in [3.8, 4) is 0 Å². The number of carbonyl (C=O) groups excluding carboxylic acids is 1. The molecule has 0 bridgehead atoms. The first kappa shape index (κ1) is 11.8. The van der Waals surface area contributed by atoms with Crippen LogP contribution in [0.3, 0.4) is 0 Å². The molecule has 0 aromatic heterocycles. The molecule has 2 unspecified atom stereocenters. The number of hydrogen-bond acceptors (Lipinski definition) is 3. The van der Waals surface area contributed by atoms with Crippen LogP contribution in [-0.2, 0) is 4.79 Å². The summed E-state index contributed by atoms with van der Waals surface area (Å²) in [6, 6.07) is -1.15. The molecule has 1 fully saturated rings. The van der Waals surface area contributed by atoms with Crippen LogP contribution in [0.1, 0.15) is 13.3 Å². The van der Waals surface area contributed by atoms with Gasteiger partial charge in [-0.3, -0.25) is 4.79 Å². The minimum absolute atomic E-state index is 0.121. The number of urea groups is 1. The van der Waals surface area contributed by atoms with E-state index < -0.39 is 18.0 Å². The number of likely N-dealkylation sites (N-methyl/N-ethyl adjacent to an activating group) is 1. The van der Waals surface area contributed by atoms with Gasteiger partial charge < -0.3 is 20.6 Å². The second-order valence-corrected chi connectivity index (χ2v) is 3.93. The lowest BCUT2D eigenvalue weighted by Gasteiger charge is -2.15. The molecule has 0 radical (unpaired) electrons. The lowest BCUT2D eigenvalue weighted by molar-refractivity contribution is -0.138. The Morgan fingerprint density at radius 2 is 2.20 bits per heavy atom. The first-order valence-electron chi connectivity index (χ1n) is 4.97. The van der Waals surface area contributed by atoms with Gasteiger partial charge in [-0.15, -0.1) is 0 Å². The third kappa shape index (κ3) is 3.75. The summed E-state index contributed by atoms with van der Waals surface area (Å²) in [5.74, 6) is -1.03. The van der Waals surface area contributed by atoms with E-state index in [0.717, 1.165) is 19.5 Å². The van der Waals surface area contributed by atoms with Gasteiger partial charge in [0.15, 0.2) is 0 Å². The van der Waals surface area contributed by atoms with E-state index >= 15 is 0 Å². The second kappa shape index (κ2) is 4.97. The van der Waals surface area contributed by atoms with E-state index in [2.05, 4.69) is 15.5 Å². The van der Waals surface area contributed by atoms with Gasteiger partial charge in [-0.2, -0.15) is 0 Å². The number of rotatable bonds is 3. The van der Waals surface area contributed by atoms with Crippen molar-refractivity contribution in [2.24, 2.45) is 0 Å². The van der Waals surface area contributed by atoms with Gasteiger partial charge in [-0.1, -0.05) is 0 Å². The summed E-state index contributed by atoms with van der Waals surface area (Å²) in [6.07, 6.45) is 0.908.